The number of carbonyl (C=O) groups excluding carboxylic acids is 2. The molecule has 0 spiro atoms. The molecule has 0 aliphatic heterocycles. The lowest BCUT2D eigenvalue weighted by Crippen LogP contribution is -2.67. The minimum absolute atomic E-state index is 0.0223. The number of rotatable bonds is 2. The van der Waals surface area contributed by atoms with Crippen LogP contribution in [0.4, 0.5) is 4.39 Å². The highest BCUT2D eigenvalue weighted by atomic mass is 32.2. The van der Waals surface area contributed by atoms with Crippen LogP contribution in [-0.2, 0) is 14.3 Å². The number of esters is 1. The molecule has 0 radical (unpaired) electrons. The molecule has 3 saturated carbocycles. The van der Waals surface area contributed by atoms with Crippen molar-refractivity contribution in [3.63, 3.8) is 0 Å². The molecule has 0 aromatic rings. The van der Waals surface area contributed by atoms with Crippen LogP contribution >= 0.6 is 11.8 Å². The van der Waals surface area contributed by atoms with E-state index in [0.29, 0.717) is 11.7 Å². The fraction of sp³-hybridized carbons (Fsp3) is 0.727. The summed E-state index contributed by atoms with van der Waals surface area (Å²) < 4.78 is 22.9. The van der Waals surface area contributed by atoms with Crippen molar-refractivity contribution in [2.24, 2.45) is 22.7 Å². The first-order valence-electron chi connectivity index (χ1n) is 10.00. The second-order valence-electron chi connectivity index (χ2n) is 9.24. The van der Waals surface area contributed by atoms with Gasteiger partial charge in [0.2, 0.25) is 0 Å². The molecule has 0 aromatic heterocycles. The van der Waals surface area contributed by atoms with Crippen LogP contribution < -0.4 is 0 Å². The van der Waals surface area contributed by atoms with Crippen LogP contribution in [0.3, 0.4) is 0 Å². The molecule has 0 heterocycles. The molecule has 3 nitrogen and oxygen atoms in total. The van der Waals surface area contributed by atoms with Crippen LogP contribution in [0, 0.1) is 22.7 Å². The Morgan fingerprint density at radius 2 is 2.00 bits per heavy atom. The number of hydrogen-bond donors (Lipinski definition) is 0. The summed E-state index contributed by atoms with van der Waals surface area (Å²) in [6.45, 7) is 5.54. The predicted octanol–water partition coefficient (Wildman–Crippen LogP) is 4.66. The Kier molecular flexibility index (Phi) is 4.41. The van der Waals surface area contributed by atoms with Crippen molar-refractivity contribution in [1.82, 2.24) is 0 Å². The Morgan fingerprint density at radius 3 is 2.67 bits per heavy atom. The maximum atomic E-state index is 17.2. The van der Waals surface area contributed by atoms with E-state index >= 15 is 4.39 Å². The first kappa shape index (κ1) is 19.2. The SMILES string of the molecule is CSC1CC[C@H]2[C@@H]3CCC4=CC(=O)C=C[C@]4(C)[C@@]3(F)[C@@H](OC(C)=O)C[C@]12C. The Morgan fingerprint density at radius 1 is 1.26 bits per heavy atom. The van der Waals surface area contributed by atoms with Crippen molar-refractivity contribution < 1.29 is 18.7 Å². The lowest BCUT2D eigenvalue weighted by molar-refractivity contribution is -0.208. The number of allylic oxidation sites excluding steroid dienone is 4. The molecule has 0 amide bonds. The van der Waals surface area contributed by atoms with E-state index in [1.807, 2.05) is 18.7 Å². The summed E-state index contributed by atoms with van der Waals surface area (Å²) in [5, 5.41) is 0.471. The summed E-state index contributed by atoms with van der Waals surface area (Å²) in [4.78, 5) is 23.8. The van der Waals surface area contributed by atoms with Crippen molar-refractivity contribution in [3.8, 4) is 0 Å². The minimum Gasteiger partial charge on any atom is -0.459 e. The molecular formula is C22H29FO3S. The number of hydrogen-bond acceptors (Lipinski definition) is 4. The molecule has 4 rings (SSSR count). The fourth-order valence-corrected chi connectivity index (χ4v) is 8.02. The monoisotopic (exact) mass is 392 g/mol. The lowest BCUT2D eigenvalue weighted by atomic mass is 9.46. The highest BCUT2D eigenvalue weighted by molar-refractivity contribution is 7.99. The van der Waals surface area contributed by atoms with Gasteiger partial charge < -0.3 is 4.74 Å². The van der Waals surface area contributed by atoms with Crippen molar-refractivity contribution >= 4 is 23.5 Å². The fourth-order valence-electron chi connectivity index (χ4n) is 6.84. The Labute approximate surface area is 165 Å². The number of alkyl halides is 1. The van der Waals surface area contributed by atoms with Crippen LogP contribution in [0.25, 0.3) is 0 Å². The van der Waals surface area contributed by atoms with Gasteiger partial charge in [0.25, 0.3) is 0 Å². The Bertz CT molecular complexity index is 746. The smallest absolute Gasteiger partial charge is 0.303 e. The number of halogens is 1. The maximum Gasteiger partial charge on any atom is 0.303 e. The van der Waals surface area contributed by atoms with E-state index in [1.165, 1.54) is 13.0 Å². The molecule has 3 fully saturated rings. The van der Waals surface area contributed by atoms with Crippen LogP contribution in [0.5, 0.6) is 0 Å². The largest absolute Gasteiger partial charge is 0.459 e. The van der Waals surface area contributed by atoms with Gasteiger partial charge >= 0.3 is 5.97 Å². The third-order valence-corrected chi connectivity index (χ3v) is 9.46. The zero-order chi connectivity index (χ0) is 19.6. The van der Waals surface area contributed by atoms with E-state index in [4.69, 9.17) is 4.74 Å². The van der Waals surface area contributed by atoms with Gasteiger partial charge in [-0.05, 0) is 68.8 Å². The molecule has 148 valence electrons. The molecule has 5 heteroatoms. The predicted molar refractivity (Wildman–Crippen MR) is 105 cm³/mol. The molecule has 7 atom stereocenters. The lowest BCUT2D eigenvalue weighted by Gasteiger charge is -2.62. The third-order valence-electron chi connectivity index (χ3n) is 8.12. The van der Waals surface area contributed by atoms with Gasteiger partial charge in [0.1, 0.15) is 6.10 Å². The number of fused-ring (bicyclic) bond motifs is 5. The average molecular weight is 393 g/mol. The van der Waals surface area contributed by atoms with Gasteiger partial charge in [-0.3, -0.25) is 9.59 Å². The molecule has 4 aliphatic carbocycles. The molecule has 0 bridgehead atoms. The molecular weight excluding hydrogens is 363 g/mol. The summed E-state index contributed by atoms with van der Waals surface area (Å²) in [7, 11) is 0. The van der Waals surface area contributed by atoms with Gasteiger partial charge in [0, 0.05) is 23.5 Å². The van der Waals surface area contributed by atoms with Gasteiger partial charge in [0.15, 0.2) is 11.5 Å². The number of ketones is 1. The zero-order valence-electron chi connectivity index (χ0n) is 16.6. The third kappa shape index (κ3) is 2.46. The van der Waals surface area contributed by atoms with E-state index in [1.54, 1.807) is 12.2 Å². The zero-order valence-corrected chi connectivity index (χ0v) is 17.4. The van der Waals surface area contributed by atoms with Crippen LogP contribution in [-0.4, -0.2) is 35.0 Å². The average Bonchev–Trinajstić information content (AvgIpc) is 2.92. The molecule has 0 aromatic carbocycles. The van der Waals surface area contributed by atoms with E-state index in [9.17, 15) is 9.59 Å². The van der Waals surface area contributed by atoms with E-state index < -0.39 is 23.2 Å². The topological polar surface area (TPSA) is 43.4 Å². The number of carbonyl (C=O) groups is 2. The molecule has 0 saturated heterocycles. The Balaban J connectivity index is 1.84. The summed E-state index contributed by atoms with van der Waals surface area (Å²) >= 11 is 1.87. The van der Waals surface area contributed by atoms with Crippen LogP contribution in [0.2, 0.25) is 0 Å². The van der Waals surface area contributed by atoms with Gasteiger partial charge in [0.05, 0.1) is 0 Å². The second kappa shape index (κ2) is 6.20. The van der Waals surface area contributed by atoms with Crippen molar-refractivity contribution in [3.05, 3.63) is 23.8 Å². The minimum atomic E-state index is -1.67. The standard InChI is InChI=1S/C22H29FO3S/c1-13(24)26-18-12-20(2)16(7-8-19(20)27-4)17-6-5-14-11-15(25)9-10-21(14,3)22(17,18)23/h9-11,16-19H,5-8,12H2,1-4H3/t16-,17-,18-,19?,20-,21-,22-/m0/s1. The summed E-state index contributed by atoms with van der Waals surface area (Å²) in [6, 6.07) is 0. The first-order valence-corrected chi connectivity index (χ1v) is 11.3. The highest BCUT2D eigenvalue weighted by Gasteiger charge is 2.71. The van der Waals surface area contributed by atoms with Gasteiger partial charge in [-0.1, -0.05) is 18.6 Å². The highest BCUT2D eigenvalue weighted by Crippen LogP contribution is 2.69. The Hall–Kier alpha value is -1.10. The molecule has 4 aliphatic rings. The van der Waals surface area contributed by atoms with Crippen LogP contribution in [0.15, 0.2) is 23.8 Å². The van der Waals surface area contributed by atoms with Crippen molar-refractivity contribution in [1.29, 1.82) is 0 Å². The van der Waals surface area contributed by atoms with Gasteiger partial charge in [-0.15, -0.1) is 0 Å². The summed E-state index contributed by atoms with van der Waals surface area (Å²) in [6.07, 6.45) is 10.3. The number of ether oxygens (including phenoxy) is 1. The molecule has 0 N–H and O–H groups in total. The summed E-state index contributed by atoms with van der Waals surface area (Å²) in [5.74, 6) is -0.362. The quantitative estimate of drug-likeness (QED) is 0.641. The van der Waals surface area contributed by atoms with Crippen molar-refractivity contribution in [2.45, 2.75) is 69.9 Å². The normalized spacial score (nSPS) is 48.3. The van der Waals surface area contributed by atoms with Crippen LogP contribution in [0.1, 0.15) is 52.9 Å². The molecule has 1 unspecified atom stereocenters. The van der Waals surface area contributed by atoms with Gasteiger partial charge in [-0.2, -0.15) is 11.8 Å². The second-order valence-corrected chi connectivity index (χ2v) is 10.3. The maximum absolute atomic E-state index is 17.2. The van der Waals surface area contributed by atoms with E-state index in [2.05, 4.69) is 13.2 Å². The van der Waals surface area contributed by atoms with E-state index in [-0.39, 0.29) is 23.0 Å². The first-order chi connectivity index (χ1) is 12.7. The molecule has 27 heavy (non-hydrogen) atoms. The summed E-state index contributed by atoms with van der Waals surface area (Å²) in [5.41, 5.74) is -1.72. The van der Waals surface area contributed by atoms with Crippen molar-refractivity contribution in [2.75, 3.05) is 6.26 Å². The van der Waals surface area contributed by atoms with E-state index in [0.717, 1.165) is 31.3 Å². The van der Waals surface area contributed by atoms with Gasteiger partial charge in [-0.25, -0.2) is 4.39 Å². The number of thioether (sulfide) groups is 1.